The zero-order valence-electron chi connectivity index (χ0n) is 4.20. The van der Waals surface area contributed by atoms with E-state index in [1.165, 1.54) is 0 Å². The molecule has 0 aliphatic heterocycles. The van der Waals surface area contributed by atoms with E-state index in [-0.39, 0.29) is 0 Å². The van der Waals surface area contributed by atoms with Crippen LogP contribution < -0.4 is 10.3 Å². The van der Waals surface area contributed by atoms with E-state index < -0.39 is 11.7 Å². The van der Waals surface area contributed by atoms with Crippen molar-refractivity contribution < 1.29 is 19.1 Å². The molecule has 0 aromatic carbocycles. The van der Waals surface area contributed by atoms with Gasteiger partial charge in [0.05, 0.1) is 0 Å². The molecular formula is C3H3N2O4+. The molecule has 6 nitrogen and oxygen atoms in total. The third-order valence-electron chi connectivity index (χ3n) is 0.685. The van der Waals surface area contributed by atoms with E-state index in [0.29, 0.717) is 4.68 Å². The van der Waals surface area contributed by atoms with Crippen LogP contribution in [0.2, 0.25) is 0 Å². The maximum atomic E-state index is 10.1. The van der Waals surface area contributed by atoms with Gasteiger partial charge in [0.1, 0.15) is 0 Å². The summed E-state index contributed by atoms with van der Waals surface area (Å²) in [6.07, 6.45) is -0.511. The van der Waals surface area contributed by atoms with Crippen LogP contribution in [0.3, 0.4) is 0 Å². The van der Waals surface area contributed by atoms with Gasteiger partial charge in [-0.1, -0.05) is 0 Å². The molecule has 0 unspecified atom stereocenters. The number of nitrogens with zero attached hydrogens (tertiary/aromatic N) is 1. The number of hydrogen-bond donors (Lipinski definition) is 2. The summed E-state index contributed by atoms with van der Waals surface area (Å²) in [6.45, 7) is 0. The molecule has 0 aliphatic carbocycles. The zero-order valence-corrected chi connectivity index (χ0v) is 4.20. The maximum Gasteiger partial charge on any atom is 0.626 e. The number of H-pyrrole nitrogens is 1. The van der Waals surface area contributed by atoms with Gasteiger partial charge in [-0.2, -0.15) is 4.79 Å². The molecule has 1 heterocycles. The van der Waals surface area contributed by atoms with Crippen LogP contribution in [0.4, 0.5) is 4.79 Å². The molecule has 0 fully saturated rings. The molecule has 0 radical (unpaired) electrons. The third-order valence-corrected chi connectivity index (χ3v) is 0.685. The fourth-order valence-corrected chi connectivity index (χ4v) is 0.347. The van der Waals surface area contributed by atoms with Crippen LogP contribution in [0.5, 0.6) is 0 Å². The lowest BCUT2D eigenvalue weighted by atomic mass is 10.9. The van der Waals surface area contributed by atoms with Gasteiger partial charge in [0.2, 0.25) is 0 Å². The first-order valence-electron chi connectivity index (χ1n) is 2.03. The van der Waals surface area contributed by atoms with E-state index in [2.05, 4.69) is 4.52 Å². The van der Waals surface area contributed by atoms with Crippen LogP contribution in [-0.2, 0) is 0 Å². The van der Waals surface area contributed by atoms with Crippen molar-refractivity contribution in [1.29, 1.82) is 0 Å². The number of aromatic nitrogens is 2. The molecule has 0 bridgehead atoms. The average molecular weight is 131 g/mol. The van der Waals surface area contributed by atoms with E-state index in [0.717, 1.165) is 6.20 Å². The fourth-order valence-electron chi connectivity index (χ4n) is 0.347. The summed E-state index contributed by atoms with van der Waals surface area (Å²) in [7, 11) is 0. The predicted molar refractivity (Wildman–Crippen MR) is 22.9 cm³/mol. The molecular weight excluding hydrogens is 128 g/mol. The Morgan fingerprint density at radius 3 is 2.78 bits per heavy atom. The van der Waals surface area contributed by atoms with Gasteiger partial charge in [-0.3, -0.25) is 4.52 Å². The van der Waals surface area contributed by atoms with Crippen molar-refractivity contribution in [3.05, 3.63) is 16.6 Å². The second-order valence-electron chi connectivity index (χ2n) is 1.29. The lowest BCUT2D eigenvalue weighted by Gasteiger charge is -1.69. The minimum atomic E-state index is -1.29. The van der Waals surface area contributed by atoms with Gasteiger partial charge < -0.3 is 5.11 Å². The highest BCUT2D eigenvalue weighted by atomic mass is 16.5. The SMILES string of the molecule is O=C(O)[n+]1cc(=O)o[nH]1. The monoisotopic (exact) mass is 131 g/mol. The summed E-state index contributed by atoms with van der Waals surface area (Å²) in [5.74, 6) is 0. The van der Waals surface area contributed by atoms with Crippen LogP contribution >= 0.6 is 0 Å². The maximum absolute atomic E-state index is 10.1. The standard InChI is InChI=1S/C3H2N2O4/c6-2-1-5(3(7)8)4-9-2/h1H,(H-,4,6,7,8)/p+1. The first-order valence-corrected chi connectivity index (χ1v) is 2.03. The minimum absolute atomic E-state index is 0.516. The van der Waals surface area contributed by atoms with Crippen LogP contribution in [0.15, 0.2) is 15.5 Å². The van der Waals surface area contributed by atoms with Crippen molar-refractivity contribution in [2.45, 2.75) is 0 Å². The van der Waals surface area contributed by atoms with Gasteiger partial charge in [-0.05, 0) is 5.27 Å². The minimum Gasteiger partial charge on any atom is -0.425 e. The normalized spacial score (nSPS) is 9.33. The lowest BCUT2D eigenvalue weighted by Crippen LogP contribution is -2.42. The van der Waals surface area contributed by atoms with Gasteiger partial charge >= 0.3 is 11.7 Å². The van der Waals surface area contributed by atoms with E-state index in [1.807, 2.05) is 5.27 Å². The summed E-state index contributed by atoms with van der Waals surface area (Å²) >= 11 is 0. The first kappa shape index (κ1) is 5.54. The predicted octanol–water partition coefficient (Wildman–Crippen LogP) is -1.22. The summed E-state index contributed by atoms with van der Waals surface area (Å²) in [5, 5.41) is 9.97. The molecule has 6 heteroatoms. The Morgan fingerprint density at radius 1 is 1.89 bits per heavy atom. The van der Waals surface area contributed by atoms with Gasteiger partial charge in [0, 0.05) is 4.68 Å². The Morgan fingerprint density at radius 2 is 2.56 bits per heavy atom. The van der Waals surface area contributed by atoms with Gasteiger partial charge in [-0.25, -0.2) is 4.79 Å². The molecule has 0 spiro atoms. The van der Waals surface area contributed by atoms with Crippen molar-refractivity contribution in [2.24, 2.45) is 0 Å². The van der Waals surface area contributed by atoms with Crippen molar-refractivity contribution in [3.8, 4) is 0 Å². The summed E-state index contributed by atoms with van der Waals surface area (Å²) in [6, 6.07) is 0. The van der Waals surface area contributed by atoms with Crippen LogP contribution in [-0.4, -0.2) is 16.5 Å². The highest BCUT2D eigenvalue weighted by molar-refractivity contribution is 5.52. The highest BCUT2D eigenvalue weighted by Crippen LogP contribution is 1.58. The summed E-state index contributed by atoms with van der Waals surface area (Å²) < 4.78 is 4.54. The molecule has 0 aliphatic rings. The van der Waals surface area contributed by atoms with Crippen molar-refractivity contribution in [3.63, 3.8) is 0 Å². The Bertz CT molecular complexity index is 271. The van der Waals surface area contributed by atoms with E-state index in [1.54, 1.807) is 0 Å². The second-order valence-corrected chi connectivity index (χ2v) is 1.29. The van der Waals surface area contributed by atoms with Gasteiger partial charge in [0.15, 0.2) is 0 Å². The van der Waals surface area contributed by atoms with E-state index in [9.17, 15) is 9.59 Å². The molecule has 1 aromatic heterocycles. The van der Waals surface area contributed by atoms with Gasteiger partial charge in [-0.15, -0.1) is 0 Å². The number of rotatable bonds is 0. The summed E-state index contributed by atoms with van der Waals surface area (Å²) in [5.41, 5.74) is -0.725. The van der Waals surface area contributed by atoms with E-state index in [4.69, 9.17) is 5.11 Å². The molecule has 48 valence electrons. The molecule has 1 rings (SSSR count). The Kier molecular flexibility index (Phi) is 1.07. The van der Waals surface area contributed by atoms with Crippen LogP contribution in [0, 0.1) is 0 Å². The number of aromatic amines is 1. The molecule has 0 saturated heterocycles. The molecule has 9 heavy (non-hydrogen) atoms. The Hall–Kier alpha value is -1.59. The topological polar surface area (TPSA) is 87.2 Å². The molecule has 0 amide bonds. The van der Waals surface area contributed by atoms with Crippen molar-refractivity contribution >= 4 is 6.09 Å². The number of carbonyl (C=O) groups is 1. The highest BCUT2D eigenvalue weighted by Gasteiger charge is 2.14. The van der Waals surface area contributed by atoms with Crippen LogP contribution in [0.25, 0.3) is 0 Å². The van der Waals surface area contributed by atoms with E-state index >= 15 is 0 Å². The zero-order chi connectivity index (χ0) is 6.85. The Balaban J connectivity index is 3.12. The number of nitrogens with one attached hydrogen (secondary N) is 1. The van der Waals surface area contributed by atoms with Crippen LogP contribution in [0.1, 0.15) is 0 Å². The molecule has 1 aromatic rings. The summed E-state index contributed by atoms with van der Waals surface area (Å²) in [4.78, 5) is 20.1. The molecule has 2 N–H and O–H groups in total. The molecule has 0 saturated carbocycles. The molecule has 0 atom stereocenters. The first-order chi connectivity index (χ1) is 4.20. The second kappa shape index (κ2) is 1.73. The van der Waals surface area contributed by atoms with Crippen molar-refractivity contribution in [1.82, 2.24) is 5.27 Å². The van der Waals surface area contributed by atoms with Gasteiger partial charge in [0.25, 0.3) is 6.20 Å². The fraction of sp³-hybridized carbons (Fsp3) is 0. The largest absolute Gasteiger partial charge is 0.626 e. The average Bonchev–Trinajstić information content (AvgIpc) is 2.14. The number of carboxylic acid groups (broad SMARTS) is 1. The third kappa shape index (κ3) is 0.958. The number of hydrogen-bond acceptors (Lipinski definition) is 3. The lowest BCUT2D eigenvalue weighted by molar-refractivity contribution is -0.657. The van der Waals surface area contributed by atoms with Crippen molar-refractivity contribution in [2.75, 3.05) is 0 Å². The smallest absolute Gasteiger partial charge is 0.425 e. The Labute approximate surface area is 48.3 Å². The quantitative estimate of drug-likeness (QED) is 0.432.